The van der Waals surface area contributed by atoms with Crippen molar-refractivity contribution in [3.05, 3.63) is 106 Å². The number of rotatable bonds is 6. The van der Waals surface area contributed by atoms with Gasteiger partial charge in [-0.15, -0.1) is 0 Å². The zero-order valence-electron chi connectivity index (χ0n) is 26.0. The number of aromatic nitrogens is 1. The number of carbonyl (C=O) groups excluding carboxylic acids is 2. The number of hydrogen-bond acceptors (Lipinski definition) is 4. The second kappa shape index (κ2) is 12.1. The standard InChI is InChI=1S/C36H29F7N2O3/c1-18-10-20(19(2)46)4-6-26(18)22-13-30(34(48-3)44-17-22)27-7-5-23(35(38,39)40)15-29(27)32-9-8-31-28(16-33(47)45(31)32)21-11-24(36(41,42)43)14-25(37)12-21/h4-7,10-15,17,28,31-32H,8-9,16H2,1-3H3/t28-,31+,32+/m1/s1. The summed E-state index contributed by atoms with van der Waals surface area (Å²) in [5.41, 5.74) is 1.39. The van der Waals surface area contributed by atoms with E-state index in [1.54, 1.807) is 30.5 Å². The van der Waals surface area contributed by atoms with Crippen molar-refractivity contribution >= 4 is 11.7 Å². The lowest BCUT2D eigenvalue weighted by Crippen LogP contribution is -2.31. The van der Waals surface area contributed by atoms with E-state index in [2.05, 4.69) is 4.98 Å². The molecule has 0 saturated carbocycles. The molecule has 3 aromatic carbocycles. The van der Waals surface area contributed by atoms with Crippen LogP contribution in [0, 0.1) is 12.7 Å². The molecule has 2 fully saturated rings. The van der Waals surface area contributed by atoms with Crippen LogP contribution in [0.1, 0.15) is 76.3 Å². The van der Waals surface area contributed by atoms with Crippen LogP contribution >= 0.6 is 0 Å². The third kappa shape index (κ3) is 6.04. The van der Waals surface area contributed by atoms with Crippen molar-refractivity contribution in [3.8, 4) is 28.1 Å². The molecule has 0 N–H and O–H groups in total. The van der Waals surface area contributed by atoms with E-state index in [4.69, 9.17) is 4.74 Å². The normalized spacial score (nSPS) is 19.5. The lowest BCUT2D eigenvalue weighted by molar-refractivity contribution is -0.138. The monoisotopic (exact) mass is 670 g/mol. The lowest BCUT2D eigenvalue weighted by Gasteiger charge is -2.29. The van der Waals surface area contributed by atoms with Gasteiger partial charge in [-0.05, 0) is 97.0 Å². The van der Waals surface area contributed by atoms with Gasteiger partial charge in [0.1, 0.15) is 5.82 Å². The molecular formula is C36H29F7N2O3. The van der Waals surface area contributed by atoms with Gasteiger partial charge >= 0.3 is 12.4 Å². The quantitative estimate of drug-likeness (QED) is 0.152. The molecule has 12 heteroatoms. The predicted molar refractivity (Wildman–Crippen MR) is 163 cm³/mol. The number of halogens is 7. The smallest absolute Gasteiger partial charge is 0.416 e. The maximum Gasteiger partial charge on any atom is 0.416 e. The molecule has 6 rings (SSSR count). The minimum atomic E-state index is -4.81. The highest BCUT2D eigenvalue weighted by atomic mass is 19.4. The van der Waals surface area contributed by atoms with E-state index in [9.17, 15) is 40.3 Å². The van der Waals surface area contributed by atoms with Crippen molar-refractivity contribution < 1.29 is 45.1 Å². The Bertz CT molecular complexity index is 1940. The molecule has 2 saturated heterocycles. The van der Waals surface area contributed by atoms with Gasteiger partial charge in [-0.2, -0.15) is 26.3 Å². The first-order valence-electron chi connectivity index (χ1n) is 15.1. The molecule has 3 heterocycles. The second-order valence-corrected chi connectivity index (χ2v) is 12.2. The van der Waals surface area contributed by atoms with Crippen LogP contribution < -0.4 is 4.74 Å². The number of benzene rings is 3. The SMILES string of the molecule is COc1ncc(-c2ccc(C(C)=O)cc2C)cc1-c1ccc(C(F)(F)F)cc1[C@@H]1CC[C@H]2[C@@H](c3cc(F)cc(C(F)(F)F)c3)CC(=O)N12. The molecule has 250 valence electrons. The van der Waals surface area contributed by atoms with Crippen molar-refractivity contribution in [2.75, 3.05) is 7.11 Å². The van der Waals surface area contributed by atoms with Crippen LogP contribution in [0.3, 0.4) is 0 Å². The van der Waals surface area contributed by atoms with Crippen molar-refractivity contribution in [2.45, 2.75) is 63.5 Å². The second-order valence-electron chi connectivity index (χ2n) is 12.2. The molecule has 2 aliphatic heterocycles. The Kier molecular flexibility index (Phi) is 8.33. The van der Waals surface area contributed by atoms with Gasteiger partial charge in [-0.25, -0.2) is 9.37 Å². The molecule has 0 radical (unpaired) electrons. The van der Waals surface area contributed by atoms with Gasteiger partial charge in [0.05, 0.1) is 24.3 Å². The van der Waals surface area contributed by atoms with Gasteiger partial charge in [0, 0.05) is 41.3 Å². The fourth-order valence-electron chi connectivity index (χ4n) is 7.08. The lowest BCUT2D eigenvalue weighted by atomic mass is 9.88. The summed E-state index contributed by atoms with van der Waals surface area (Å²) in [4.78, 5) is 31.3. The number of ether oxygens (including phenoxy) is 1. The zero-order valence-corrected chi connectivity index (χ0v) is 26.0. The number of methoxy groups -OCH3 is 1. The van der Waals surface area contributed by atoms with Crippen LogP contribution in [0.15, 0.2) is 66.9 Å². The number of nitrogens with zero attached hydrogens (tertiary/aromatic N) is 2. The van der Waals surface area contributed by atoms with Gasteiger partial charge in [0.25, 0.3) is 0 Å². The zero-order chi connectivity index (χ0) is 34.7. The Morgan fingerprint density at radius 3 is 2.23 bits per heavy atom. The fraction of sp³-hybridized carbons (Fsp3) is 0.306. The highest BCUT2D eigenvalue weighted by Crippen LogP contribution is 2.52. The number of amides is 1. The molecule has 2 aliphatic rings. The summed E-state index contributed by atoms with van der Waals surface area (Å²) < 4.78 is 103. The Morgan fingerprint density at radius 1 is 0.875 bits per heavy atom. The van der Waals surface area contributed by atoms with Crippen LogP contribution in [0.5, 0.6) is 5.88 Å². The number of pyridine rings is 1. The molecule has 0 aliphatic carbocycles. The van der Waals surface area contributed by atoms with Crippen LogP contribution in [-0.4, -0.2) is 34.7 Å². The Morgan fingerprint density at radius 2 is 1.58 bits per heavy atom. The molecule has 1 aromatic heterocycles. The van der Waals surface area contributed by atoms with Gasteiger partial charge in [0.2, 0.25) is 11.8 Å². The number of Topliss-reactive ketones (excluding diaryl/α,β-unsaturated/α-hetero) is 1. The Labute approximate surface area is 271 Å². The van der Waals surface area contributed by atoms with Gasteiger partial charge in [0.15, 0.2) is 5.78 Å². The van der Waals surface area contributed by atoms with Crippen molar-refractivity contribution in [3.63, 3.8) is 0 Å². The number of alkyl halides is 6. The van der Waals surface area contributed by atoms with E-state index >= 15 is 0 Å². The minimum Gasteiger partial charge on any atom is -0.481 e. The summed E-state index contributed by atoms with van der Waals surface area (Å²) in [6, 6.07) is 10.8. The van der Waals surface area contributed by atoms with Crippen LogP contribution in [-0.2, 0) is 17.1 Å². The summed E-state index contributed by atoms with van der Waals surface area (Å²) in [5, 5.41) is 0. The average molecular weight is 671 g/mol. The Balaban J connectivity index is 1.46. The van der Waals surface area contributed by atoms with E-state index in [1.807, 2.05) is 6.92 Å². The van der Waals surface area contributed by atoms with Gasteiger partial charge in [-0.1, -0.05) is 18.2 Å². The summed E-state index contributed by atoms with van der Waals surface area (Å²) >= 11 is 0. The van der Waals surface area contributed by atoms with Crippen LogP contribution in [0.25, 0.3) is 22.3 Å². The molecule has 0 bridgehead atoms. The third-order valence-corrected chi connectivity index (χ3v) is 9.27. The van der Waals surface area contributed by atoms with Crippen molar-refractivity contribution in [1.29, 1.82) is 0 Å². The molecule has 4 aromatic rings. The maximum atomic E-state index is 14.4. The number of hydrogen-bond donors (Lipinski definition) is 0. The van der Waals surface area contributed by atoms with Crippen molar-refractivity contribution in [2.24, 2.45) is 0 Å². The first-order chi connectivity index (χ1) is 22.6. The van der Waals surface area contributed by atoms with Crippen molar-refractivity contribution in [1.82, 2.24) is 9.88 Å². The van der Waals surface area contributed by atoms with Crippen LogP contribution in [0.4, 0.5) is 30.7 Å². The first kappa shape index (κ1) is 33.2. The molecule has 1 amide bonds. The topological polar surface area (TPSA) is 59.5 Å². The summed E-state index contributed by atoms with van der Waals surface area (Å²) in [6.07, 6.45) is -7.67. The maximum absolute atomic E-state index is 14.4. The summed E-state index contributed by atoms with van der Waals surface area (Å²) in [7, 11) is 1.37. The fourth-order valence-corrected chi connectivity index (χ4v) is 7.08. The van der Waals surface area contributed by atoms with E-state index in [1.165, 1.54) is 25.0 Å². The number of carbonyl (C=O) groups is 2. The molecule has 48 heavy (non-hydrogen) atoms. The van der Waals surface area contributed by atoms with Gasteiger partial charge in [-0.3, -0.25) is 9.59 Å². The Hall–Kier alpha value is -4.74. The molecule has 0 unspecified atom stereocenters. The average Bonchev–Trinajstić information content (AvgIpc) is 3.60. The summed E-state index contributed by atoms with van der Waals surface area (Å²) in [6.45, 7) is 3.27. The van der Waals surface area contributed by atoms with Gasteiger partial charge < -0.3 is 9.64 Å². The van der Waals surface area contributed by atoms with Crippen LogP contribution in [0.2, 0.25) is 0 Å². The molecule has 0 spiro atoms. The third-order valence-electron chi connectivity index (χ3n) is 9.27. The highest BCUT2D eigenvalue weighted by Gasteiger charge is 2.49. The number of fused-ring (bicyclic) bond motifs is 1. The molecule has 5 nitrogen and oxygen atoms in total. The first-order valence-corrected chi connectivity index (χ1v) is 15.1. The number of ketones is 1. The predicted octanol–water partition coefficient (Wildman–Crippen LogP) is 9.33. The molecular weight excluding hydrogens is 641 g/mol. The summed E-state index contributed by atoms with van der Waals surface area (Å²) in [5.74, 6) is -2.31. The van der Waals surface area contributed by atoms with E-state index in [0.29, 0.717) is 28.3 Å². The highest BCUT2D eigenvalue weighted by molar-refractivity contribution is 5.95. The molecule has 3 atom stereocenters. The minimum absolute atomic E-state index is 0.0119. The van der Waals surface area contributed by atoms with E-state index in [0.717, 1.165) is 35.4 Å². The number of aryl methyl sites for hydroxylation is 1. The van der Waals surface area contributed by atoms with E-state index < -0.39 is 53.2 Å². The largest absolute Gasteiger partial charge is 0.481 e. The van der Waals surface area contributed by atoms with E-state index in [-0.39, 0.29) is 42.1 Å².